The molecule has 1 atom stereocenters. The number of carbonyl (C=O) groups excluding carboxylic acids is 2. The van der Waals surface area contributed by atoms with Crippen LogP contribution in [0.3, 0.4) is 0 Å². The van der Waals surface area contributed by atoms with Crippen LogP contribution in [0, 0.1) is 5.82 Å². The highest BCUT2D eigenvalue weighted by Crippen LogP contribution is 2.28. The third kappa shape index (κ3) is 6.97. The average molecular weight is 447 g/mol. The fraction of sp³-hybridized carbons (Fsp3) is 0.391. The van der Waals surface area contributed by atoms with E-state index in [1.54, 1.807) is 44.7 Å². The lowest BCUT2D eigenvalue weighted by molar-refractivity contribution is 0.0635. The third-order valence-corrected chi connectivity index (χ3v) is 5.65. The number of benzene rings is 2. The predicted octanol–water partition coefficient (Wildman–Crippen LogP) is 5.70. The van der Waals surface area contributed by atoms with Crippen LogP contribution in [-0.2, 0) is 9.47 Å². The molecular formula is C23H27FN2O4S. The van der Waals surface area contributed by atoms with Crippen molar-refractivity contribution in [3.8, 4) is 0 Å². The predicted molar refractivity (Wildman–Crippen MR) is 120 cm³/mol. The molecule has 0 radical (unpaired) electrons. The lowest BCUT2D eigenvalue weighted by Crippen LogP contribution is -2.27. The van der Waals surface area contributed by atoms with E-state index in [0.29, 0.717) is 11.3 Å². The maximum atomic E-state index is 14.1. The lowest BCUT2D eigenvalue weighted by Gasteiger charge is -2.20. The summed E-state index contributed by atoms with van der Waals surface area (Å²) in [5.74, 6) is -0.160. The molecule has 2 aromatic rings. The lowest BCUT2D eigenvalue weighted by atomic mass is 10.2. The minimum absolute atomic E-state index is 0.0758. The van der Waals surface area contributed by atoms with Crippen LogP contribution in [0.1, 0.15) is 44.0 Å². The van der Waals surface area contributed by atoms with Crippen LogP contribution in [0.5, 0.6) is 0 Å². The first kappa shape index (κ1) is 23.1. The number of nitrogens with one attached hydrogen (secondary N) is 2. The van der Waals surface area contributed by atoms with Crippen molar-refractivity contribution in [1.82, 2.24) is 0 Å². The number of halogens is 1. The zero-order valence-corrected chi connectivity index (χ0v) is 18.7. The minimum atomic E-state index is -0.772. The summed E-state index contributed by atoms with van der Waals surface area (Å²) in [7, 11) is 0. The van der Waals surface area contributed by atoms with Crippen molar-refractivity contribution in [2.45, 2.75) is 50.2 Å². The second-order valence-corrected chi connectivity index (χ2v) is 9.28. The van der Waals surface area contributed by atoms with Crippen LogP contribution in [0.25, 0.3) is 0 Å². The van der Waals surface area contributed by atoms with Gasteiger partial charge in [-0.05, 0) is 63.9 Å². The van der Waals surface area contributed by atoms with Crippen molar-refractivity contribution in [3.05, 3.63) is 53.8 Å². The molecule has 6 nitrogen and oxygen atoms in total. The molecular weight excluding hydrogens is 419 g/mol. The molecule has 0 spiro atoms. The van der Waals surface area contributed by atoms with Crippen molar-refractivity contribution in [3.63, 3.8) is 0 Å². The fourth-order valence-corrected chi connectivity index (χ4v) is 4.17. The van der Waals surface area contributed by atoms with Gasteiger partial charge in [-0.3, -0.25) is 10.1 Å². The minimum Gasteiger partial charge on any atom is -0.444 e. The van der Waals surface area contributed by atoms with Gasteiger partial charge in [-0.15, -0.1) is 11.8 Å². The van der Waals surface area contributed by atoms with Gasteiger partial charge in [0, 0.05) is 22.9 Å². The monoisotopic (exact) mass is 446 g/mol. The molecule has 1 aliphatic rings. The molecule has 0 aliphatic carbocycles. The van der Waals surface area contributed by atoms with Gasteiger partial charge >= 0.3 is 6.09 Å². The molecule has 2 aromatic carbocycles. The molecule has 0 bridgehead atoms. The highest BCUT2D eigenvalue weighted by molar-refractivity contribution is 7.99. The van der Waals surface area contributed by atoms with Crippen molar-refractivity contribution in [1.29, 1.82) is 0 Å². The van der Waals surface area contributed by atoms with Crippen molar-refractivity contribution in [2.75, 3.05) is 23.0 Å². The first-order chi connectivity index (χ1) is 14.7. The van der Waals surface area contributed by atoms with E-state index >= 15 is 0 Å². The molecule has 0 saturated carbocycles. The quantitative estimate of drug-likeness (QED) is 0.557. The molecule has 1 heterocycles. The second kappa shape index (κ2) is 10.2. The van der Waals surface area contributed by atoms with Crippen molar-refractivity contribution in [2.24, 2.45) is 0 Å². The standard InChI is InChI=1S/C23H27FN2O4S/c1-23(2,3)30-22(28)26-19-13-15(10-11-18(19)24)25-21(27)17-8-4-5-9-20(17)31-14-16-7-6-12-29-16/h4-5,8-11,13,16H,6-7,12,14H2,1-3H3,(H,25,27)(H,26,28). The highest BCUT2D eigenvalue weighted by Gasteiger charge is 2.20. The van der Waals surface area contributed by atoms with E-state index < -0.39 is 17.5 Å². The maximum absolute atomic E-state index is 14.1. The van der Waals surface area contributed by atoms with Gasteiger partial charge in [0.15, 0.2) is 0 Å². The van der Waals surface area contributed by atoms with E-state index in [9.17, 15) is 14.0 Å². The Hall–Kier alpha value is -2.58. The molecule has 1 saturated heterocycles. The summed E-state index contributed by atoms with van der Waals surface area (Å²) in [4.78, 5) is 25.7. The molecule has 1 fully saturated rings. The van der Waals surface area contributed by atoms with Crippen LogP contribution in [0.15, 0.2) is 47.4 Å². The van der Waals surface area contributed by atoms with Gasteiger partial charge in [0.1, 0.15) is 11.4 Å². The Morgan fingerprint density at radius 2 is 1.97 bits per heavy atom. The first-order valence-corrected chi connectivity index (χ1v) is 11.1. The van der Waals surface area contributed by atoms with Gasteiger partial charge < -0.3 is 14.8 Å². The van der Waals surface area contributed by atoms with E-state index in [-0.39, 0.29) is 17.7 Å². The maximum Gasteiger partial charge on any atom is 0.412 e. The van der Waals surface area contributed by atoms with Gasteiger partial charge in [0.25, 0.3) is 5.91 Å². The number of amides is 2. The fourth-order valence-electron chi connectivity index (χ4n) is 3.05. The number of carbonyl (C=O) groups is 2. The van der Waals surface area contributed by atoms with Crippen LogP contribution < -0.4 is 10.6 Å². The van der Waals surface area contributed by atoms with E-state index in [2.05, 4.69) is 10.6 Å². The summed E-state index contributed by atoms with van der Waals surface area (Å²) in [6, 6.07) is 11.3. The van der Waals surface area contributed by atoms with Gasteiger partial charge in [-0.1, -0.05) is 12.1 Å². The normalized spacial score (nSPS) is 16.1. The van der Waals surface area contributed by atoms with Crippen LogP contribution in [0.2, 0.25) is 0 Å². The van der Waals surface area contributed by atoms with Gasteiger partial charge in [-0.25, -0.2) is 9.18 Å². The van der Waals surface area contributed by atoms with Crippen LogP contribution >= 0.6 is 11.8 Å². The number of rotatable bonds is 6. The third-order valence-electron chi connectivity index (χ3n) is 4.44. The van der Waals surface area contributed by atoms with Crippen LogP contribution in [0.4, 0.5) is 20.6 Å². The summed E-state index contributed by atoms with van der Waals surface area (Å²) in [6.07, 6.45) is 1.53. The molecule has 3 rings (SSSR count). The number of hydrogen-bond acceptors (Lipinski definition) is 5. The van der Waals surface area contributed by atoms with E-state index in [4.69, 9.17) is 9.47 Å². The molecule has 0 aromatic heterocycles. The molecule has 166 valence electrons. The molecule has 2 N–H and O–H groups in total. The Morgan fingerprint density at radius 3 is 2.68 bits per heavy atom. The molecule has 1 unspecified atom stereocenters. The zero-order chi connectivity index (χ0) is 22.4. The summed E-state index contributed by atoms with van der Waals surface area (Å²) in [6.45, 7) is 5.94. The Labute approximate surface area is 185 Å². The van der Waals surface area contributed by atoms with Crippen LogP contribution in [-0.4, -0.2) is 36.1 Å². The average Bonchev–Trinajstić information content (AvgIpc) is 3.21. The molecule has 8 heteroatoms. The number of ether oxygens (including phenoxy) is 2. The first-order valence-electron chi connectivity index (χ1n) is 10.2. The SMILES string of the molecule is CC(C)(C)OC(=O)Nc1cc(NC(=O)c2ccccc2SCC2CCCO2)ccc1F. The molecule has 31 heavy (non-hydrogen) atoms. The summed E-state index contributed by atoms with van der Waals surface area (Å²) in [5, 5.41) is 5.15. The Bertz CT molecular complexity index is 939. The number of anilines is 2. The van der Waals surface area contributed by atoms with E-state index in [1.165, 1.54) is 18.2 Å². The van der Waals surface area contributed by atoms with Crippen molar-refractivity contribution >= 4 is 35.1 Å². The molecule has 2 amide bonds. The Balaban J connectivity index is 1.68. The van der Waals surface area contributed by atoms with Gasteiger partial charge in [0.2, 0.25) is 0 Å². The van der Waals surface area contributed by atoms with Gasteiger partial charge in [0.05, 0.1) is 17.4 Å². The van der Waals surface area contributed by atoms with E-state index in [0.717, 1.165) is 30.1 Å². The van der Waals surface area contributed by atoms with Crippen molar-refractivity contribution < 1.29 is 23.5 Å². The largest absolute Gasteiger partial charge is 0.444 e. The number of hydrogen-bond donors (Lipinski definition) is 2. The molecule has 1 aliphatic heterocycles. The Kier molecular flexibility index (Phi) is 7.56. The second-order valence-electron chi connectivity index (χ2n) is 8.22. The smallest absolute Gasteiger partial charge is 0.412 e. The number of thioether (sulfide) groups is 1. The zero-order valence-electron chi connectivity index (χ0n) is 17.9. The Morgan fingerprint density at radius 1 is 1.19 bits per heavy atom. The summed E-state index contributed by atoms with van der Waals surface area (Å²) in [5.41, 5.74) is 0.0954. The summed E-state index contributed by atoms with van der Waals surface area (Å²) < 4.78 is 24.9. The highest BCUT2D eigenvalue weighted by atomic mass is 32.2. The van der Waals surface area contributed by atoms with E-state index in [1.807, 2.05) is 12.1 Å². The topological polar surface area (TPSA) is 76.7 Å². The summed E-state index contributed by atoms with van der Waals surface area (Å²) >= 11 is 1.58. The van der Waals surface area contributed by atoms with Gasteiger partial charge in [-0.2, -0.15) is 0 Å².